The van der Waals surface area contributed by atoms with Crippen LogP contribution >= 0.6 is 0 Å². The van der Waals surface area contributed by atoms with Gasteiger partial charge in [0.25, 0.3) is 0 Å². The second-order valence-electron chi connectivity index (χ2n) is 6.82. The second kappa shape index (κ2) is 9.56. The zero-order valence-electron chi connectivity index (χ0n) is 14.7. The Hall–Kier alpha value is -1.55. The molecule has 1 atom stereocenters. The van der Waals surface area contributed by atoms with Gasteiger partial charge in [-0.25, -0.2) is 0 Å². The van der Waals surface area contributed by atoms with E-state index in [9.17, 15) is 0 Å². The van der Waals surface area contributed by atoms with Crippen molar-refractivity contribution in [2.45, 2.75) is 44.6 Å². The Labute approximate surface area is 141 Å². The first-order valence-corrected chi connectivity index (χ1v) is 8.91. The number of nitrogens with zero attached hydrogens (tertiary/aromatic N) is 2. The van der Waals surface area contributed by atoms with Gasteiger partial charge in [-0.1, -0.05) is 49.6 Å². The Bertz CT molecular complexity index is 464. The number of nitrogens with one attached hydrogen (secondary N) is 1. The van der Waals surface area contributed by atoms with Crippen LogP contribution in [-0.2, 0) is 6.42 Å². The molecule has 23 heavy (non-hydrogen) atoms. The van der Waals surface area contributed by atoms with Crippen LogP contribution < -0.4 is 11.1 Å². The molecule has 3 N–H and O–H groups in total. The minimum absolute atomic E-state index is 0.504. The standard InChI is InChI=1S/C19H32N4/c1-23(2)18(17-11-7-4-8-12-17)15-22-19(20)21-14-13-16-9-5-3-6-10-16/h3,5-6,9-10,17-18H,4,7-8,11-15H2,1-2H3,(H3,20,21,22). The van der Waals surface area contributed by atoms with E-state index >= 15 is 0 Å². The molecule has 1 aromatic carbocycles. The van der Waals surface area contributed by atoms with Crippen molar-refractivity contribution in [2.75, 3.05) is 27.2 Å². The summed E-state index contributed by atoms with van der Waals surface area (Å²) in [6.45, 7) is 1.62. The molecule has 0 saturated heterocycles. The van der Waals surface area contributed by atoms with E-state index in [1.807, 2.05) is 6.07 Å². The topological polar surface area (TPSA) is 53.6 Å². The predicted octanol–water partition coefficient (Wildman–Crippen LogP) is 2.64. The summed E-state index contributed by atoms with van der Waals surface area (Å²) in [4.78, 5) is 6.91. The van der Waals surface area contributed by atoms with E-state index in [0.29, 0.717) is 12.0 Å². The molecule has 0 amide bonds. The Kier molecular flexibility index (Phi) is 7.40. The fraction of sp³-hybridized carbons (Fsp3) is 0.632. The zero-order chi connectivity index (χ0) is 16.5. The van der Waals surface area contributed by atoms with Crippen molar-refractivity contribution < 1.29 is 0 Å². The van der Waals surface area contributed by atoms with Crippen LogP contribution in [0.25, 0.3) is 0 Å². The van der Waals surface area contributed by atoms with Crippen molar-refractivity contribution in [1.29, 1.82) is 0 Å². The number of benzene rings is 1. The van der Waals surface area contributed by atoms with Crippen molar-refractivity contribution in [3.05, 3.63) is 35.9 Å². The first-order chi connectivity index (χ1) is 11.2. The van der Waals surface area contributed by atoms with Crippen molar-refractivity contribution in [3.8, 4) is 0 Å². The molecule has 0 aliphatic heterocycles. The van der Waals surface area contributed by atoms with Crippen LogP contribution in [0.2, 0.25) is 0 Å². The van der Waals surface area contributed by atoms with Crippen molar-refractivity contribution in [2.24, 2.45) is 16.6 Å². The Morgan fingerprint density at radius 3 is 2.57 bits per heavy atom. The van der Waals surface area contributed by atoms with Crippen molar-refractivity contribution >= 4 is 5.96 Å². The van der Waals surface area contributed by atoms with Crippen LogP contribution in [0, 0.1) is 5.92 Å². The average molecular weight is 316 g/mol. The van der Waals surface area contributed by atoms with Gasteiger partial charge in [-0.05, 0) is 44.8 Å². The van der Waals surface area contributed by atoms with Crippen LogP contribution in [0.4, 0.5) is 0 Å². The van der Waals surface area contributed by atoms with Crippen LogP contribution in [0.15, 0.2) is 35.3 Å². The van der Waals surface area contributed by atoms with E-state index in [2.05, 4.69) is 53.6 Å². The molecule has 1 aliphatic rings. The Morgan fingerprint density at radius 1 is 1.22 bits per heavy atom. The lowest BCUT2D eigenvalue weighted by atomic mass is 9.83. The summed E-state index contributed by atoms with van der Waals surface area (Å²) < 4.78 is 0. The molecule has 2 rings (SSSR count). The first-order valence-electron chi connectivity index (χ1n) is 8.91. The van der Waals surface area contributed by atoms with Gasteiger partial charge in [-0.2, -0.15) is 0 Å². The third-order valence-corrected chi connectivity index (χ3v) is 4.87. The monoisotopic (exact) mass is 316 g/mol. The molecule has 0 bridgehead atoms. The summed E-state index contributed by atoms with van der Waals surface area (Å²) in [5.41, 5.74) is 7.36. The molecule has 4 nitrogen and oxygen atoms in total. The maximum atomic E-state index is 6.04. The summed E-state index contributed by atoms with van der Waals surface area (Å²) in [5.74, 6) is 1.34. The molecule has 4 heteroatoms. The summed E-state index contributed by atoms with van der Waals surface area (Å²) >= 11 is 0. The van der Waals surface area contributed by atoms with Gasteiger partial charge >= 0.3 is 0 Å². The molecule has 0 radical (unpaired) electrons. The number of hydrogen-bond acceptors (Lipinski definition) is 2. The van der Waals surface area contributed by atoms with Crippen LogP contribution in [0.5, 0.6) is 0 Å². The van der Waals surface area contributed by atoms with Gasteiger partial charge in [-0.15, -0.1) is 0 Å². The summed E-state index contributed by atoms with van der Waals surface area (Å²) in [6.07, 6.45) is 7.76. The number of rotatable bonds is 7. The molecular formula is C19H32N4. The highest BCUT2D eigenvalue weighted by Crippen LogP contribution is 2.28. The number of aliphatic imine (C=N–C) groups is 1. The van der Waals surface area contributed by atoms with Crippen LogP contribution in [0.3, 0.4) is 0 Å². The predicted molar refractivity (Wildman–Crippen MR) is 98.7 cm³/mol. The van der Waals surface area contributed by atoms with Gasteiger partial charge in [0.1, 0.15) is 0 Å². The highest BCUT2D eigenvalue weighted by atomic mass is 15.1. The lowest BCUT2D eigenvalue weighted by molar-refractivity contribution is 0.176. The second-order valence-corrected chi connectivity index (χ2v) is 6.82. The summed E-state index contributed by atoms with van der Waals surface area (Å²) in [5, 5.41) is 3.24. The van der Waals surface area contributed by atoms with Gasteiger partial charge < -0.3 is 16.0 Å². The van der Waals surface area contributed by atoms with E-state index in [0.717, 1.165) is 25.4 Å². The maximum Gasteiger partial charge on any atom is 0.188 e. The minimum atomic E-state index is 0.504. The van der Waals surface area contributed by atoms with Crippen molar-refractivity contribution in [3.63, 3.8) is 0 Å². The molecular weight excluding hydrogens is 284 g/mol. The first kappa shape index (κ1) is 17.8. The smallest absolute Gasteiger partial charge is 0.188 e. The number of hydrogen-bond donors (Lipinski definition) is 2. The highest BCUT2D eigenvalue weighted by molar-refractivity contribution is 5.77. The molecule has 0 heterocycles. The SMILES string of the molecule is CN(C)C(CN=C(N)NCCc1ccccc1)C1CCCCC1. The van der Waals surface area contributed by atoms with Crippen LogP contribution in [0.1, 0.15) is 37.7 Å². The minimum Gasteiger partial charge on any atom is -0.370 e. The Balaban J connectivity index is 1.77. The molecule has 0 aromatic heterocycles. The quantitative estimate of drug-likeness (QED) is 0.600. The summed E-state index contributed by atoms with van der Waals surface area (Å²) in [6, 6.07) is 11.0. The number of guanidine groups is 1. The maximum absolute atomic E-state index is 6.04. The van der Waals surface area contributed by atoms with E-state index < -0.39 is 0 Å². The third-order valence-electron chi connectivity index (χ3n) is 4.87. The number of likely N-dealkylation sites (N-methyl/N-ethyl adjacent to an activating group) is 1. The van der Waals surface area contributed by atoms with E-state index in [-0.39, 0.29) is 0 Å². The Morgan fingerprint density at radius 2 is 1.91 bits per heavy atom. The fourth-order valence-electron chi connectivity index (χ4n) is 3.48. The fourth-order valence-corrected chi connectivity index (χ4v) is 3.48. The molecule has 1 unspecified atom stereocenters. The van der Waals surface area contributed by atoms with Gasteiger partial charge in [0.05, 0.1) is 6.54 Å². The van der Waals surface area contributed by atoms with Crippen LogP contribution in [-0.4, -0.2) is 44.1 Å². The van der Waals surface area contributed by atoms with E-state index in [1.54, 1.807) is 0 Å². The molecule has 1 aromatic rings. The molecule has 1 fully saturated rings. The van der Waals surface area contributed by atoms with Gasteiger partial charge in [-0.3, -0.25) is 4.99 Å². The molecule has 1 aliphatic carbocycles. The average Bonchev–Trinajstić information content (AvgIpc) is 2.57. The van der Waals surface area contributed by atoms with Gasteiger partial charge in [0.2, 0.25) is 0 Å². The lowest BCUT2D eigenvalue weighted by Gasteiger charge is -2.33. The van der Waals surface area contributed by atoms with E-state index in [4.69, 9.17) is 5.73 Å². The van der Waals surface area contributed by atoms with Gasteiger partial charge in [0.15, 0.2) is 5.96 Å². The lowest BCUT2D eigenvalue weighted by Crippen LogP contribution is -2.40. The molecule has 128 valence electrons. The van der Waals surface area contributed by atoms with Gasteiger partial charge in [0, 0.05) is 12.6 Å². The normalized spacial score (nSPS) is 18.1. The number of nitrogens with two attached hydrogens (primary N) is 1. The highest BCUT2D eigenvalue weighted by Gasteiger charge is 2.24. The third kappa shape index (κ3) is 6.22. The zero-order valence-corrected chi connectivity index (χ0v) is 14.7. The summed E-state index contributed by atoms with van der Waals surface area (Å²) in [7, 11) is 4.32. The van der Waals surface area contributed by atoms with Crippen molar-refractivity contribution in [1.82, 2.24) is 10.2 Å². The molecule has 0 spiro atoms. The molecule has 1 saturated carbocycles. The van der Waals surface area contributed by atoms with E-state index in [1.165, 1.54) is 37.7 Å². The largest absolute Gasteiger partial charge is 0.370 e.